The Hall–Kier alpha value is -0.120. The Kier molecular flexibility index (Phi) is 2.71. The summed E-state index contributed by atoms with van der Waals surface area (Å²) in [4.78, 5) is 0. The highest BCUT2D eigenvalue weighted by atomic mass is 16.5. The van der Waals surface area contributed by atoms with Crippen LogP contribution in [0.2, 0.25) is 0 Å². The average Bonchev–Trinajstić information content (AvgIpc) is 2.73. The van der Waals surface area contributed by atoms with Crippen molar-refractivity contribution >= 4 is 0 Å². The lowest BCUT2D eigenvalue weighted by atomic mass is 9.73. The molecule has 3 rings (SSSR count). The van der Waals surface area contributed by atoms with Crippen molar-refractivity contribution in [2.45, 2.75) is 50.5 Å². The van der Waals surface area contributed by atoms with Crippen molar-refractivity contribution in [1.82, 2.24) is 5.32 Å². The van der Waals surface area contributed by atoms with Gasteiger partial charge in [0.05, 0.1) is 6.10 Å². The van der Waals surface area contributed by atoms with E-state index in [2.05, 4.69) is 5.32 Å². The van der Waals surface area contributed by atoms with Crippen LogP contribution in [0.4, 0.5) is 0 Å². The van der Waals surface area contributed by atoms with E-state index in [1.54, 1.807) is 0 Å². The van der Waals surface area contributed by atoms with Crippen LogP contribution in [-0.2, 0) is 9.47 Å². The monoisotopic (exact) mass is 211 g/mol. The zero-order valence-electron chi connectivity index (χ0n) is 9.45. The molecule has 0 aromatic carbocycles. The second kappa shape index (κ2) is 4.04. The molecule has 15 heavy (non-hydrogen) atoms. The van der Waals surface area contributed by atoms with Crippen LogP contribution in [0, 0.1) is 11.8 Å². The first-order chi connectivity index (χ1) is 7.40. The molecule has 5 atom stereocenters. The number of nitrogens with one attached hydrogen (secondary N) is 1. The molecule has 1 aliphatic carbocycles. The SMILES string of the molecule is COC1C2CCCCC2NC2OCCC21. The first-order valence-electron chi connectivity index (χ1n) is 6.30. The summed E-state index contributed by atoms with van der Waals surface area (Å²) >= 11 is 0. The van der Waals surface area contributed by atoms with Crippen LogP contribution in [0.15, 0.2) is 0 Å². The second-order valence-electron chi connectivity index (χ2n) is 5.17. The van der Waals surface area contributed by atoms with Gasteiger partial charge in [-0.05, 0) is 19.3 Å². The number of methoxy groups -OCH3 is 1. The maximum absolute atomic E-state index is 5.75. The second-order valence-corrected chi connectivity index (χ2v) is 5.17. The quantitative estimate of drug-likeness (QED) is 0.713. The Morgan fingerprint density at radius 2 is 2.00 bits per heavy atom. The lowest BCUT2D eigenvalue weighted by molar-refractivity contribution is -0.0943. The van der Waals surface area contributed by atoms with Crippen LogP contribution in [0.25, 0.3) is 0 Å². The minimum atomic E-state index is 0.272. The van der Waals surface area contributed by atoms with Gasteiger partial charge in [-0.3, -0.25) is 5.32 Å². The Balaban J connectivity index is 1.80. The minimum absolute atomic E-state index is 0.272. The normalized spacial score (nSPS) is 49.8. The smallest absolute Gasteiger partial charge is 0.113 e. The van der Waals surface area contributed by atoms with Gasteiger partial charge in [0.25, 0.3) is 0 Å². The van der Waals surface area contributed by atoms with E-state index in [-0.39, 0.29) is 6.23 Å². The molecule has 2 aliphatic heterocycles. The molecule has 0 amide bonds. The van der Waals surface area contributed by atoms with Crippen LogP contribution in [-0.4, -0.2) is 32.1 Å². The molecule has 3 heteroatoms. The van der Waals surface area contributed by atoms with E-state index >= 15 is 0 Å². The topological polar surface area (TPSA) is 30.5 Å². The van der Waals surface area contributed by atoms with Gasteiger partial charge in [0.1, 0.15) is 6.23 Å². The van der Waals surface area contributed by atoms with Crippen molar-refractivity contribution in [1.29, 1.82) is 0 Å². The highest BCUT2D eigenvalue weighted by Crippen LogP contribution is 2.40. The van der Waals surface area contributed by atoms with E-state index < -0.39 is 0 Å². The molecule has 2 saturated heterocycles. The van der Waals surface area contributed by atoms with Crippen molar-refractivity contribution in [3.8, 4) is 0 Å². The standard InChI is InChI=1S/C12H21NO2/c1-14-11-8-4-2-3-5-10(8)13-12-9(11)6-7-15-12/h8-13H,2-7H2,1H3. The fourth-order valence-corrected chi connectivity index (χ4v) is 3.75. The van der Waals surface area contributed by atoms with Gasteiger partial charge in [-0.15, -0.1) is 0 Å². The highest BCUT2D eigenvalue weighted by molar-refractivity contribution is 4.98. The van der Waals surface area contributed by atoms with Crippen molar-refractivity contribution in [3.05, 3.63) is 0 Å². The zero-order chi connectivity index (χ0) is 10.3. The van der Waals surface area contributed by atoms with Crippen LogP contribution in [0.3, 0.4) is 0 Å². The van der Waals surface area contributed by atoms with E-state index in [4.69, 9.17) is 9.47 Å². The van der Waals surface area contributed by atoms with Gasteiger partial charge in [0.2, 0.25) is 0 Å². The number of fused-ring (bicyclic) bond motifs is 2. The predicted octanol–water partition coefficient (Wildman–Crippen LogP) is 1.53. The summed E-state index contributed by atoms with van der Waals surface area (Å²) in [5.41, 5.74) is 0. The van der Waals surface area contributed by atoms with E-state index in [1.807, 2.05) is 7.11 Å². The van der Waals surface area contributed by atoms with Gasteiger partial charge < -0.3 is 9.47 Å². The van der Waals surface area contributed by atoms with Crippen LogP contribution in [0.5, 0.6) is 0 Å². The Morgan fingerprint density at radius 1 is 1.13 bits per heavy atom. The fraction of sp³-hybridized carbons (Fsp3) is 1.00. The molecule has 0 aromatic heterocycles. The molecule has 3 nitrogen and oxygen atoms in total. The van der Waals surface area contributed by atoms with Crippen LogP contribution < -0.4 is 5.32 Å². The predicted molar refractivity (Wildman–Crippen MR) is 57.5 cm³/mol. The molecule has 86 valence electrons. The van der Waals surface area contributed by atoms with Crippen LogP contribution in [0.1, 0.15) is 32.1 Å². The number of piperidine rings is 1. The molecule has 0 radical (unpaired) electrons. The maximum atomic E-state index is 5.75. The van der Waals surface area contributed by atoms with Gasteiger partial charge in [-0.1, -0.05) is 12.8 Å². The van der Waals surface area contributed by atoms with Gasteiger partial charge >= 0.3 is 0 Å². The van der Waals surface area contributed by atoms with Gasteiger partial charge in [-0.2, -0.15) is 0 Å². The van der Waals surface area contributed by atoms with Gasteiger partial charge in [0.15, 0.2) is 0 Å². The van der Waals surface area contributed by atoms with Gasteiger partial charge in [0, 0.05) is 31.6 Å². The van der Waals surface area contributed by atoms with E-state index in [1.165, 1.54) is 32.1 Å². The number of hydrogen-bond acceptors (Lipinski definition) is 3. The molecule has 0 spiro atoms. The summed E-state index contributed by atoms with van der Waals surface area (Å²) in [5.74, 6) is 1.32. The van der Waals surface area contributed by atoms with Crippen molar-refractivity contribution in [2.24, 2.45) is 11.8 Å². The summed E-state index contributed by atoms with van der Waals surface area (Å²) in [6.07, 6.45) is 7.25. The average molecular weight is 211 g/mol. The molecule has 2 heterocycles. The molecule has 1 saturated carbocycles. The number of hydrogen-bond donors (Lipinski definition) is 1. The molecule has 0 bridgehead atoms. The third-order valence-corrected chi connectivity index (χ3v) is 4.45. The summed E-state index contributed by atoms with van der Waals surface area (Å²) in [7, 11) is 1.87. The first kappa shape index (κ1) is 10.1. The van der Waals surface area contributed by atoms with E-state index in [0.29, 0.717) is 18.1 Å². The van der Waals surface area contributed by atoms with Crippen molar-refractivity contribution in [3.63, 3.8) is 0 Å². The summed E-state index contributed by atoms with van der Waals surface area (Å²) in [6, 6.07) is 0.642. The molecule has 3 aliphatic rings. The molecular weight excluding hydrogens is 190 g/mol. The Labute approximate surface area is 91.5 Å². The number of ether oxygens (including phenoxy) is 2. The first-order valence-corrected chi connectivity index (χ1v) is 6.30. The molecule has 0 aromatic rings. The molecule has 1 N–H and O–H groups in total. The highest BCUT2D eigenvalue weighted by Gasteiger charge is 2.47. The zero-order valence-corrected chi connectivity index (χ0v) is 9.45. The Morgan fingerprint density at radius 3 is 2.87 bits per heavy atom. The summed E-state index contributed by atoms with van der Waals surface area (Å²) < 4.78 is 11.5. The Bertz CT molecular complexity index is 234. The van der Waals surface area contributed by atoms with E-state index in [9.17, 15) is 0 Å². The third-order valence-electron chi connectivity index (χ3n) is 4.45. The largest absolute Gasteiger partial charge is 0.381 e. The minimum Gasteiger partial charge on any atom is -0.381 e. The van der Waals surface area contributed by atoms with Gasteiger partial charge in [-0.25, -0.2) is 0 Å². The lowest BCUT2D eigenvalue weighted by Gasteiger charge is -2.46. The molecule has 5 unspecified atom stereocenters. The molecule has 3 fully saturated rings. The summed E-state index contributed by atoms with van der Waals surface area (Å²) in [6.45, 7) is 0.904. The van der Waals surface area contributed by atoms with Crippen LogP contribution >= 0.6 is 0 Å². The fourth-order valence-electron chi connectivity index (χ4n) is 3.75. The number of rotatable bonds is 1. The van der Waals surface area contributed by atoms with Crippen molar-refractivity contribution in [2.75, 3.05) is 13.7 Å². The summed E-state index contributed by atoms with van der Waals surface area (Å²) in [5, 5.41) is 3.68. The molecular formula is C12H21NO2. The third kappa shape index (κ3) is 1.61. The van der Waals surface area contributed by atoms with E-state index in [0.717, 1.165) is 12.5 Å². The van der Waals surface area contributed by atoms with Crippen molar-refractivity contribution < 1.29 is 9.47 Å². The lowest BCUT2D eigenvalue weighted by Crippen LogP contribution is -2.59. The maximum Gasteiger partial charge on any atom is 0.113 e.